The van der Waals surface area contributed by atoms with E-state index in [0.717, 1.165) is 18.8 Å². The second-order valence-electron chi connectivity index (χ2n) is 5.65. The second-order valence-corrected chi connectivity index (χ2v) is 5.65. The third kappa shape index (κ3) is 3.57. The van der Waals surface area contributed by atoms with Gasteiger partial charge in [0.25, 0.3) is 0 Å². The minimum atomic E-state index is -0.0289. The van der Waals surface area contributed by atoms with E-state index in [2.05, 4.69) is 29.7 Å². The van der Waals surface area contributed by atoms with Gasteiger partial charge in [0.1, 0.15) is 0 Å². The lowest BCUT2D eigenvalue weighted by Gasteiger charge is -2.38. The molecule has 2 rings (SSSR count). The number of benzene rings is 1. The molecule has 0 unspecified atom stereocenters. The molecule has 1 aliphatic carbocycles. The van der Waals surface area contributed by atoms with Crippen molar-refractivity contribution in [3.05, 3.63) is 29.8 Å². The van der Waals surface area contributed by atoms with Gasteiger partial charge in [-0.1, -0.05) is 25.5 Å². The van der Waals surface area contributed by atoms with Crippen molar-refractivity contribution in [2.75, 3.05) is 11.9 Å². The summed E-state index contributed by atoms with van der Waals surface area (Å²) in [6.45, 7) is 5.87. The summed E-state index contributed by atoms with van der Waals surface area (Å²) in [4.78, 5) is 10.9. The van der Waals surface area contributed by atoms with Crippen LogP contribution in [0, 0.1) is 5.41 Å². The minimum absolute atomic E-state index is 0.0289. The van der Waals surface area contributed by atoms with Gasteiger partial charge in [-0.15, -0.1) is 0 Å². The van der Waals surface area contributed by atoms with Crippen molar-refractivity contribution in [2.24, 2.45) is 5.41 Å². The molecule has 0 aliphatic heterocycles. The molecule has 1 aliphatic rings. The Morgan fingerprint density at radius 3 is 2.44 bits per heavy atom. The van der Waals surface area contributed by atoms with Gasteiger partial charge in [0, 0.05) is 25.7 Å². The van der Waals surface area contributed by atoms with Crippen LogP contribution in [0.4, 0.5) is 5.69 Å². The monoisotopic (exact) mass is 246 g/mol. The number of hydrogen-bond donors (Lipinski definition) is 2. The van der Waals surface area contributed by atoms with Crippen molar-refractivity contribution in [1.82, 2.24) is 5.32 Å². The van der Waals surface area contributed by atoms with E-state index >= 15 is 0 Å². The molecule has 18 heavy (non-hydrogen) atoms. The molecule has 0 radical (unpaired) electrons. The van der Waals surface area contributed by atoms with E-state index < -0.39 is 0 Å². The van der Waals surface area contributed by atoms with E-state index in [1.807, 2.05) is 12.1 Å². The molecule has 0 bridgehead atoms. The predicted octanol–water partition coefficient (Wildman–Crippen LogP) is 2.92. The van der Waals surface area contributed by atoms with Crippen LogP contribution in [0.15, 0.2) is 24.3 Å². The Hall–Kier alpha value is -1.35. The molecule has 1 aromatic carbocycles. The summed E-state index contributed by atoms with van der Waals surface area (Å²) in [5.74, 6) is -0.0289. The molecule has 2 N–H and O–H groups in total. The molecule has 0 saturated heterocycles. The lowest BCUT2D eigenvalue weighted by atomic mass is 9.70. The lowest BCUT2D eigenvalue weighted by molar-refractivity contribution is -0.114. The Morgan fingerprint density at radius 2 is 1.94 bits per heavy atom. The molecule has 1 amide bonds. The van der Waals surface area contributed by atoms with Gasteiger partial charge in [-0.2, -0.15) is 0 Å². The summed E-state index contributed by atoms with van der Waals surface area (Å²) < 4.78 is 0. The largest absolute Gasteiger partial charge is 0.326 e. The van der Waals surface area contributed by atoms with Crippen LogP contribution in [0.3, 0.4) is 0 Å². The quantitative estimate of drug-likeness (QED) is 0.838. The molecule has 1 fully saturated rings. The number of rotatable bonds is 5. The zero-order chi connectivity index (χ0) is 13.0. The lowest BCUT2D eigenvalue weighted by Crippen LogP contribution is -2.36. The van der Waals surface area contributed by atoms with Crippen molar-refractivity contribution in [3.63, 3.8) is 0 Å². The van der Waals surface area contributed by atoms with Crippen molar-refractivity contribution >= 4 is 11.6 Å². The second kappa shape index (κ2) is 5.53. The highest BCUT2D eigenvalue weighted by Gasteiger charge is 2.30. The normalized spacial score (nSPS) is 17.0. The van der Waals surface area contributed by atoms with E-state index in [9.17, 15) is 4.79 Å². The van der Waals surface area contributed by atoms with Crippen molar-refractivity contribution in [1.29, 1.82) is 0 Å². The number of anilines is 1. The van der Waals surface area contributed by atoms with Crippen molar-refractivity contribution in [2.45, 2.75) is 39.7 Å². The Morgan fingerprint density at radius 1 is 1.28 bits per heavy atom. The fourth-order valence-corrected chi connectivity index (χ4v) is 2.37. The van der Waals surface area contributed by atoms with Gasteiger partial charge in [0.15, 0.2) is 0 Å². The Kier molecular flexibility index (Phi) is 4.02. The van der Waals surface area contributed by atoms with E-state index in [4.69, 9.17) is 0 Å². The van der Waals surface area contributed by atoms with E-state index in [1.54, 1.807) is 0 Å². The molecule has 0 heterocycles. The first-order chi connectivity index (χ1) is 8.57. The van der Waals surface area contributed by atoms with E-state index in [-0.39, 0.29) is 5.91 Å². The summed E-state index contributed by atoms with van der Waals surface area (Å²) in [5.41, 5.74) is 2.64. The summed E-state index contributed by atoms with van der Waals surface area (Å²) >= 11 is 0. The number of nitrogens with one attached hydrogen (secondary N) is 2. The molecule has 3 nitrogen and oxygen atoms in total. The number of carbonyl (C=O) groups excluding carboxylic acids is 1. The van der Waals surface area contributed by atoms with Gasteiger partial charge in [0.05, 0.1) is 0 Å². The summed E-state index contributed by atoms with van der Waals surface area (Å²) in [7, 11) is 0. The third-order valence-electron chi connectivity index (χ3n) is 3.72. The highest BCUT2D eigenvalue weighted by molar-refractivity contribution is 5.88. The van der Waals surface area contributed by atoms with Gasteiger partial charge < -0.3 is 10.6 Å². The smallest absolute Gasteiger partial charge is 0.221 e. The SMILES string of the molecule is CC(=O)Nc1ccc(CNCC2(C)CCC2)cc1. The van der Waals surface area contributed by atoms with Crippen LogP contribution in [-0.4, -0.2) is 12.5 Å². The fourth-order valence-electron chi connectivity index (χ4n) is 2.37. The molecular formula is C15H22N2O. The Balaban J connectivity index is 1.77. The maximum Gasteiger partial charge on any atom is 0.221 e. The van der Waals surface area contributed by atoms with Crippen LogP contribution in [0.2, 0.25) is 0 Å². The molecule has 0 spiro atoms. The number of hydrogen-bond acceptors (Lipinski definition) is 2. The standard InChI is InChI=1S/C15H22N2O/c1-12(18)17-14-6-4-13(5-7-14)10-16-11-15(2)8-3-9-15/h4-7,16H,3,8-11H2,1-2H3,(H,17,18). The summed E-state index contributed by atoms with van der Waals surface area (Å²) in [6, 6.07) is 8.01. The van der Waals surface area contributed by atoms with Gasteiger partial charge in [-0.3, -0.25) is 4.79 Å². The number of amides is 1. The third-order valence-corrected chi connectivity index (χ3v) is 3.72. The van der Waals surface area contributed by atoms with E-state index in [1.165, 1.54) is 31.7 Å². The highest BCUT2D eigenvalue weighted by Crippen LogP contribution is 2.39. The number of carbonyl (C=O) groups is 1. The first kappa shape index (κ1) is 13.1. The first-order valence-electron chi connectivity index (χ1n) is 6.65. The van der Waals surface area contributed by atoms with Gasteiger partial charge >= 0.3 is 0 Å². The maximum absolute atomic E-state index is 10.9. The fraction of sp³-hybridized carbons (Fsp3) is 0.533. The van der Waals surface area contributed by atoms with Crippen LogP contribution in [0.1, 0.15) is 38.7 Å². The zero-order valence-corrected chi connectivity index (χ0v) is 11.3. The van der Waals surface area contributed by atoms with Crippen LogP contribution in [-0.2, 0) is 11.3 Å². The van der Waals surface area contributed by atoms with Crippen LogP contribution in [0.5, 0.6) is 0 Å². The van der Waals surface area contributed by atoms with Crippen LogP contribution < -0.4 is 10.6 Å². The Bertz CT molecular complexity index is 407. The van der Waals surface area contributed by atoms with Crippen LogP contribution in [0.25, 0.3) is 0 Å². The average Bonchev–Trinajstić information content (AvgIpc) is 2.28. The first-order valence-corrected chi connectivity index (χ1v) is 6.65. The molecular weight excluding hydrogens is 224 g/mol. The molecule has 0 atom stereocenters. The van der Waals surface area contributed by atoms with Crippen molar-refractivity contribution < 1.29 is 4.79 Å². The van der Waals surface area contributed by atoms with Gasteiger partial charge in [-0.25, -0.2) is 0 Å². The maximum atomic E-state index is 10.9. The molecule has 0 aromatic heterocycles. The molecule has 1 saturated carbocycles. The topological polar surface area (TPSA) is 41.1 Å². The van der Waals surface area contributed by atoms with Crippen LogP contribution >= 0.6 is 0 Å². The average molecular weight is 246 g/mol. The predicted molar refractivity (Wildman–Crippen MR) is 74.4 cm³/mol. The summed E-state index contributed by atoms with van der Waals surface area (Å²) in [6.07, 6.45) is 4.08. The van der Waals surface area contributed by atoms with Gasteiger partial charge in [-0.05, 0) is 36.0 Å². The van der Waals surface area contributed by atoms with Crippen molar-refractivity contribution in [3.8, 4) is 0 Å². The minimum Gasteiger partial charge on any atom is -0.326 e. The van der Waals surface area contributed by atoms with E-state index in [0.29, 0.717) is 5.41 Å². The Labute approximate surface area is 109 Å². The molecule has 98 valence electrons. The highest BCUT2D eigenvalue weighted by atomic mass is 16.1. The zero-order valence-electron chi connectivity index (χ0n) is 11.3. The molecule has 3 heteroatoms. The molecule has 1 aromatic rings. The van der Waals surface area contributed by atoms with Gasteiger partial charge in [0.2, 0.25) is 5.91 Å². The summed E-state index contributed by atoms with van der Waals surface area (Å²) in [5, 5.41) is 6.29.